The molecule has 0 spiro atoms. The monoisotopic (exact) mass is 481 g/mol. The smallest absolute Gasteiger partial charge is 0.331 e. The fourth-order valence-corrected chi connectivity index (χ4v) is 3.49. The van der Waals surface area contributed by atoms with Gasteiger partial charge in [-0.25, -0.2) is 9.48 Å². The molecule has 0 aliphatic rings. The maximum Gasteiger partial charge on any atom is 0.331 e. The molecule has 31 heavy (non-hydrogen) atoms. The van der Waals surface area contributed by atoms with Gasteiger partial charge < -0.3 is 14.5 Å². The number of carbonyl (C=O) groups is 2. The van der Waals surface area contributed by atoms with Gasteiger partial charge in [0.05, 0.1) is 25.0 Å². The predicted octanol–water partition coefficient (Wildman–Crippen LogP) is 4.67. The second-order valence-electron chi connectivity index (χ2n) is 6.44. The maximum atomic E-state index is 12.0. The van der Waals surface area contributed by atoms with E-state index in [2.05, 4.69) is 10.4 Å². The van der Waals surface area contributed by atoms with E-state index in [4.69, 9.17) is 44.0 Å². The van der Waals surface area contributed by atoms with E-state index in [1.54, 1.807) is 37.3 Å². The summed E-state index contributed by atoms with van der Waals surface area (Å²) in [4.78, 5) is 23.7. The number of hydrogen-bond donors (Lipinski definition) is 1. The Morgan fingerprint density at radius 2 is 1.94 bits per heavy atom. The number of hydrogen-bond acceptors (Lipinski definition) is 5. The number of ether oxygens (including phenoxy) is 1. The van der Waals surface area contributed by atoms with Gasteiger partial charge in [-0.3, -0.25) is 4.79 Å². The van der Waals surface area contributed by atoms with Gasteiger partial charge in [0.25, 0.3) is 5.91 Å². The molecule has 0 saturated carbocycles. The van der Waals surface area contributed by atoms with Crippen LogP contribution in [-0.4, -0.2) is 28.3 Å². The second kappa shape index (κ2) is 10.5. The lowest BCUT2D eigenvalue weighted by molar-refractivity contribution is -0.143. The molecule has 1 amide bonds. The molecular formula is C21H18Cl3N3O4. The van der Waals surface area contributed by atoms with Gasteiger partial charge in [0, 0.05) is 27.2 Å². The topological polar surface area (TPSA) is 86.4 Å². The molecule has 3 rings (SSSR count). The van der Waals surface area contributed by atoms with E-state index in [1.807, 2.05) is 0 Å². The van der Waals surface area contributed by atoms with Gasteiger partial charge in [-0.1, -0.05) is 40.9 Å². The molecule has 3 aromatic rings. The largest absolute Gasteiger partial charge is 0.467 e. The van der Waals surface area contributed by atoms with Crippen molar-refractivity contribution in [3.05, 3.63) is 80.5 Å². The van der Waals surface area contributed by atoms with Crippen molar-refractivity contribution < 1.29 is 18.7 Å². The average Bonchev–Trinajstić information content (AvgIpc) is 3.34. The first-order chi connectivity index (χ1) is 14.8. The van der Waals surface area contributed by atoms with Crippen molar-refractivity contribution in [1.82, 2.24) is 15.1 Å². The minimum atomic E-state index is -0.689. The van der Waals surface area contributed by atoms with Gasteiger partial charge in [0.15, 0.2) is 6.61 Å². The van der Waals surface area contributed by atoms with Gasteiger partial charge in [0.2, 0.25) is 0 Å². The number of aryl methyl sites for hydroxylation is 1. The van der Waals surface area contributed by atoms with E-state index in [1.165, 1.54) is 23.1 Å². The number of nitrogens with one attached hydrogen (secondary N) is 1. The van der Waals surface area contributed by atoms with Crippen LogP contribution >= 0.6 is 34.8 Å². The number of halogens is 3. The van der Waals surface area contributed by atoms with Crippen LogP contribution in [0.4, 0.5) is 0 Å². The molecule has 0 fully saturated rings. The summed E-state index contributed by atoms with van der Waals surface area (Å²) in [6.45, 7) is 1.82. The molecule has 1 N–H and O–H groups in total. The van der Waals surface area contributed by atoms with E-state index in [0.717, 1.165) is 0 Å². The molecule has 1 aromatic carbocycles. The molecular weight excluding hydrogens is 465 g/mol. The van der Waals surface area contributed by atoms with Crippen LogP contribution in [0.3, 0.4) is 0 Å². The first kappa shape index (κ1) is 22.9. The Balaban J connectivity index is 1.57. The fraction of sp³-hybridized carbons (Fsp3) is 0.190. The third kappa shape index (κ3) is 6.13. The van der Waals surface area contributed by atoms with Crippen LogP contribution in [0, 0.1) is 6.92 Å². The highest BCUT2D eigenvalue weighted by Gasteiger charge is 2.15. The summed E-state index contributed by atoms with van der Waals surface area (Å²) < 4.78 is 11.6. The van der Waals surface area contributed by atoms with Crippen molar-refractivity contribution in [2.45, 2.75) is 20.0 Å². The van der Waals surface area contributed by atoms with Gasteiger partial charge in [0.1, 0.15) is 10.9 Å². The van der Waals surface area contributed by atoms with E-state index < -0.39 is 18.5 Å². The van der Waals surface area contributed by atoms with Crippen molar-refractivity contribution in [2.75, 3.05) is 6.61 Å². The summed E-state index contributed by atoms with van der Waals surface area (Å²) >= 11 is 18.8. The van der Waals surface area contributed by atoms with Crippen molar-refractivity contribution in [1.29, 1.82) is 0 Å². The number of amides is 1. The lowest BCUT2D eigenvalue weighted by atomic mass is 10.2. The molecule has 162 valence electrons. The molecule has 0 aliphatic carbocycles. The highest BCUT2D eigenvalue weighted by Crippen LogP contribution is 2.28. The van der Waals surface area contributed by atoms with Crippen LogP contribution in [0.15, 0.2) is 47.1 Å². The Morgan fingerprint density at radius 1 is 1.19 bits per heavy atom. The minimum Gasteiger partial charge on any atom is -0.467 e. The van der Waals surface area contributed by atoms with Crippen LogP contribution in [0.2, 0.25) is 15.2 Å². The second-order valence-corrected chi connectivity index (χ2v) is 7.62. The number of rotatable bonds is 8. The first-order valence-corrected chi connectivity index (χ1v) is 10.3. The molecule has 7 nitrogen and oxygen atoms in total. The van der Waals surface area contributed by atoms with Crippen molar-refractivity contribution in [3.8, 4) is 0 Å². The molecule has 0 aliphatic heterocycles. The van der Waals surface area contributed by atoms with E-state index in [9.17, 15) is 9.59 Å². The first-order valence-electron chi connectivity index (χ1n) is 9.15. The van der Waals surface area contributed by atoms with Crippen LogP contribution in [0.5, 0.6) is 0 Å². The molecule has 0 atom stereocenters. The van der Waals surface area contributed by atoms with E-state index in [-0.39, 0.29) is 13.1 Å². The van der Waals surface area contributed by atoms with Crippen molar-refractivity contribution >= 4 is 52.8 Å². The van der Waals surface area contributed by atoms with Crippen molar-refractivity contribution in [3.63, 3.8) is 0 Å². The number of esters is 1. The highest BCUT2D eigenvalue weighted by molar-refractivity contribution is 6.36. The zero-order valence-electron chi connectivity index (χ0n) is 16.4. The molecule has 10 heteroatoms. The summed E-state index contributed by atoms with van der Waals surface area (Å²) in [6, 6.07) is 8.65. The Hall–Kier alpha value is -2.74. The number of furan rings is 1. The van der Waals surface area contributed by atoms with Crippen LogP contribution < -0.4 is 5.32 Å². The zero-order chi connectivity index (χ0) is 22.4. The van der Waals surface area contributed by atoms with Gasteiger partial charge >= 0.3 is 5.97 Å². The van der Waals surface area contributed by atoms with Gasteiger partial charge in [-0.05, 0) is 37.3 Å². The summed E-state index contributed by atoms with van der Waals surface area (Å²) in [5.74, 6) is -0.540. The molecule has 0 saturated heterocycles. The van der Waals surface area contributed by atoms with Crippen LogP contribution in [-0.2, 0) is 27.4 Å². The third-order valence-corrected chi connectivity index (χ3v) is 5.36. The summed E-state index contributed by atoms with van der Waals surface area (Å²) in [6.07, 6.45) is 4.17. The third-order valence-electron chi connectivity index (χ3n) is 4.25. The van der Waals surface area contributed by atoms with E-state index >= 15 is 0 Å². The number of aromatic nitrogens is 2. The minimum absolute atomic E-state index is 0.211. The predicted molar refractivity (Wildman–Crippen MR) is 118 cm³/mol. The normalized spacial score (nSPS) is 11.1. The standard InChI is InChI=1S/C21H18Cl3N3O4/c1-13-15(21(24)27(26-13)11-16-17(22)5-2-6-18(16)23)7-8-20(29)31-12-19(28)25-10-14-4-3-9-30-14/h2-9H,10-12H2,1H3,(H,25,28)/b8-7+. The average molecular weight is 483 g/mol. The van der Waals surface area contributed by atoms with Gasteiger partial charge in [-0.15, -0.1) is 0 Å². The Kier molecular flexibility index (Phi) is 7.79. The fourth-order valence-electron chi connectivity index (χ4n) is 2.68. The number of carbonyl (C=O) groups excluding carboxylic acids is 2. The molecule has 0 unspecified atom stereocenters. The van der Waals surface area contributed by atoms with Gasteiger partial charge in [-0.2, -0.15) is 5.10 Å². The van der Waals surface area contributed by atoms with Crippen LogP contribution in [0.25, 0.3) is 6.08 Å². The summed E-state index contributed by atoms with van der Waals surface area (Å²) in [7, 11) is 0. The molecule has 0 radical (unpaired) electrons. The molecule has 2 heterocycles. The highest BCUT2D eigenvalue weighted by atomic mass is 35.5. The Labute approximate surface area is 193 Å². The zero-order valence-corrected chi connectivity index (χ0v) is 18.7. The Morgan fingerprint density at radius 3 is 2.61 bits per heavy atom. The summed E-state index contributed by atoms with van der Waals surface area (Å²) in [5.41, 5.74) is 1.84. The van der Waals surface area contributed by atoms with E-state index in [0.29, 0.717) is 37.8 Å². The molecule has 0 bridgehead atoms. The maximum absolute atomic E-state index is 12.0. The number of benzene rings is 1. The lowest BCUT2D eigenvalue weighted by Crippen LogP contribution is -2.27. The SMILES string of the molecule is Cc1nn(Cc2c(Cl)cccc2Cl)c(Cl)c1/C=C/C(=O)OCC(=O)NCc1ccco1. The number of nitrogens with zero attached hydrogens (tertiary/aromatic N) is 2. The quantitative estimate of drug-likeness (QED) is 0.372. The van der Waals surface area contributed by atoms with Crippen molar-refractivity contribution in [2.24, 2.45) is 0 Å². The lowest BCUT2D eigenvalue weighted by Gasteiger charge is -2.08. The Bertz CT molecular complexity index is 1090. The van der Waals surface area contributed by atoms with Crippen LogP contribution in [0.1, 0.15) is 22.6 Å². The molecule has 2 aromatic heterocycles. The summed E-state index contributed by atoms with van der Waals surface area (Å²) in [5, 5.41) is 8.28.